The van der Waals surface area contributed by atoms with Gasteiger partial charge < -0.3 is 10.2 Å². The van der Waals surface area contributed by atoms with Gasteiger partial charge in [0.2, 0.25) is 5.91 Å². The molecule has 5 heteroatoms. The molecule has 1 aliphatic heterocycles. The summed E-state index contributed by atoms with van der Waals surface area (Å²) in [6, 6.07) is 5.49. The summed E-state index contributed by atoms with van der Waals surface area (Å²) in [4.78, 5) is 14.0. The van der Waals surface area contributed by atoms with Gasteiger partial charge in [0.05, 0.1) is 15.6 Å². The van der Waals surface area contributed by atoms with Crippen LogP contribution in [0.15, 0.2) is 18.2 Å². The number of hydrogen-bond acceptors (Lipinski definition) is 2. The first-order valence-electron chi connectivity index (χ1n) is 5.89. The second-order valence-corrected chi connectivity index (χ2v) is 5.78. The number of benzene rings is 1. The molecule has 1 fully saturated rings. The molecule has 1 aromatic carbocycles. The zero-order chi connectivity index (χ0) is 13.3. The average molecular weight is 287 g/mol. The van der Waals surface area contributed by atoms with Gasteiger partial charge in [0, 0.05) is 19.6 Å². The Hall–Kier alpha value is -0.770. The maximum absolute atomic E-state index is 12.2. The van der Waals surface area contributed by atoms with Crippen LogP contribution in [-0.4, -0.2) is 29.4 Å². The van der Waals surface area contributed by atoms with Crippen LogP contribution in [0.1, 0.15) is 19.4 Å². The van der Waals surface area contributed by atoms with Crippen molar-refractivity contribution in [3.05, 3.63) is 33.8 Å². The molecule has 0 bridgehead atoms. The smallest absolute Gasteiger partial charge is 0.242 e. The van der Waals surface area contributed by atoms with Gasteiger partial charge in [-0.1, -0.05) is 35.3 Å². The lowest BCUT2D eigenvalue weighted by Gasteiger charge is -2.38. The minimum Gasteiger partial charge on any atom is -0.335 e. The maximum Gasteiger partial charge on any atom is 0.242 e. The van der Waals surface area contributed by atoms with Gasteiger partial charge >= 0.3 is 0 Å². The van der Waals surface area contributed by atoms with E-state index in [9.17, 15) is 4.79 Å². The topological polar surface area (TPSA) is 32.3 Å². The fourth-order valence-corrected chi connectivity index (χ4v) is 2.48. The van der Waals surface area contributed by atoms with Gasteiger partial charge in [-0.05, 0) is 25.5 Å². The number of carbonyl (C=O) groups is 1. The van der Waals surface area contributed by atoms with Crippen molar-refractivity contribution in [1.82, 2.24) is 10.2 Å². The van der Waals surface area contributed by atoms with Crippen molar-refractivity contribution >= 4 is 29.1 Å². The van der Waals surface area contributed by atoms with Crippen LogP contribution in [0.5, 0.6) is 0 Å². The summed E-state index contributed by atoms with van der Waals surface area (Å²) in [6.07, 6.45) is 0. The van der Waals surface area contributed by atoms with E-state index in [2.05, 4.69) is 5.32 Å². The monoisotopic (exact) mass is 286 g/mol. The number of nitrogens with zero attached hydrogens (tertiary/aromatic N) is 1. The Morgan fingerprint density at radius 3 is 2.83 bits per heavy atom. The largest absolute Gasteiger partial charge is 0.335 e. The van der Waals surface area contributed by atoms with E-state index in [1.165, 1.54) is 0 Å². The third-order valence-electron chi connectivity index (χ3n) is 3.16. The number of nitrogens with one attached hydrogen (secondary N) is 1. The summed E-state index contributed by atoms with van der Waals surface area (Å²) < 4.78 is 0. The van der Waals surface area contributed by atoms with Crippen LogP contribution >= 0.6 is 23.2 Å². The van der Waals surface area contributed by atoms with Crippen LogP contribution in [-0.2, 0) is 11.3 Å². The first-order chi connectivity index (χ1) is 8.42. The van der Waals surface area contributed by atoms with Crippen molar-refractivity contribution in [2.45, 2.75) is 25.9 Å². The molecule has 2 rings (SSSR count). The summed E-state index contributed by atoms with van der Waals surface area (Å²) in [6.45, 7) is 5.76. The molecule has 0 spiro atoms. The van der Waals surface area contributed by atoms with Crippen LogP contribution in [0.3, 0.4) is 0 Å². The van der Waals surface area contributed by atoms with Crippen LogP contribution in [0.4, 0.5) is 0 Å². The van der Waals surface area contributed by atoms with Crippen LogP contribution < -0.4 is 5.32 Å². The van der Waals surface area contributed by atoms with Crippen molar-refractivity contribution in [2.24, 2.45) is 0 Å². The Morgan fingerprint density at radius 1 is 1.39 bits per heavy atom. The van der Waals surface area contributed by atoms with Gasteiger partial charge in [0.15, 0.2) is 0 Å². The van der Waals surface area contributed by atoms with Gasteiger partial charge in [0.25, 0.3) is 0 Å². The molecule has 1 N–H and O–H groups in total. The van der Waals surface area contributed by atoms with Crippen molar-refractivity contribution < 1.29 is 4.79 Å². The molecule has 3 nitrogen and oxygen atoms in total. The highest BCUT2D eigenvalue weighted by molar-refractivity contribution is 6.42. The first kappa shape index (κ1) is 13.7. The minimum atomic E-state index is -0.511. The summed E-state index contributed by atoms with van der Waals surface area (Å²) >= 11 is 12.1. The van der Waals surface area contributed by atoms with E-state index in [4.69, 9.17) is 23.2 Å². The quantitative estimate of drug-likeness (QED) is 0.907. The van der Waals surface area contributed by atoms with Gasteiger partial charge in [-0.25, -0.2) is 0 Å². The highest BCUT2D eigenvalue weighted by atomic mass is 35.5. The molecular weight excluding hydrogens is 271 g/mol. The van der Waals surface area contributed by atoms with E-state index in [0.29, 0.717) is 23.1 Å². The molecule has 0 atom stereocenters. The van der Waals surface area contributed by atoms with E-state index in [1.807, 2.05) is 30.9 Å². The molecular formula is C13H16Cl2N2O. The lowest BCUT2D eigenvalue weighted by Crippen LogP contribution is -2.60. The maximum atomic E-state index is 12.2. The van der Waals surface area contributed by atoms with Crippen LogP contribution in [0, 0.1) is 0 Å². The third-order valence-corrected chi connectivity index (χ3v) is 4.02. The Morgan fingerprint density at radius 2 is 2.11 bits per heavy atom. The van der Waals surface area contributed by atoms with Crippen molar-refractivity contribution in [3.8, 4) is 0 Å². The number of rotatable bonds is 2. The lowest BCUT2D eigenvalue weighted by molar-refractivity contribution is -0.140. The Labute approximate surface area is 117 Å². The Bertz CT molecular complexity index is 474. The van der Waals surface area contributed by atoms with E-state index in [-0.39, 0.29) is 5.91 Å². The van der Waals surface area contributed by atoms with Crippen LogP contribution in [0.2, 0.25) is 10.0 Å². The van der Waals surface area contributed by atoms with Crippen molar-refractivity contribution in [3.63, 3.8) is 0 Å². The minimum absolute atomic E-state index is 0.0878. The highest BCUT2D eigenvalue weighted by Gasteiger charge is 2.35. The molecule has 0 radical (unpaired) electrons. The van der Waals surface area contributed by atoms with Crippen molar-refractivity contribution in [1.29, 1.82) is 0 Å². The number of carbonyl (C=O) groups excluding carboxylic acids is 1. The zero-order valence-corrected chi connectivity index (χ0v) is 12.0. The molecule has 1 aliphatic rings. The fourth-order valence-electron chi connectivity index (χ4n) is 2.10. The fraction of sp³-hybridized carbons (Fsp3) is 0.462. The summed E-state index contributed by atoms with van der Waals surface area (Å²) in [7, 11) is 0. The molecule has 1 heterocycles. The number of halogens is 2. The average Bonchev–Trinajstić information content (AvgIpc) is 2.31. The van der Waals surface area contributed by atoms with Crippen molar-refractivity contribution in [2.75, 3.05) is 13.1 Å². The summed E-state index contributed by atoms with van der Waals surface area (Å²) in [5.41, 5.74) is 0.374. The number of piperazine rings is 1. The molecule has 0 aliphatic carbocycles. The third kappa shape index (κ3) is 2.63. The van der Waals surface area contributed by atoms with E-state index >= 15 is 0 Å². The molecule has 0 unspecified atom stereocenters. The second-order valence-electron chi connectivity index (χ2n) is 4.99. The van der Waals surface area contributed by atoms with E-state index in [1.54, 1.807) is 6.07 Å². The van der Waals surface area contributed by atoms with E-state index in [0.717, 1.165) is 12.1 Å². The second kappa shape index (κ2) is 5.08. The molecule has 1 amide bonds. The van der Waals surface area contributed by atoms with Gasteiger partial charge in [-0.2, -0.15) is 0 Å². The number of amides is 1. The molecule has 0 aromatic heterocycles. The standard InChI is InChI=1S/C13H16Cl2N2O/c1-13(2)12(18)17(7-6-16-13)8-9-4-3-5-10(14)11(9)15/h3-5,16H,6-8H2,1-2H3. The van der Waals surface area contributed by atoms with Gasteiger partial charge in [0.1, 0.15) is 0 Å². The SMILES string of the molecule is CC1(C)NCCN(Cc2cccc(Cl)c2Cl)C1=O. The first-order valence-corrected chi connectivity index (χ1v) is 6.65. The molecule has 1 aromatic rings. The van der Waals surface area contributed by atoms with Gasteiger partial charge in [-0.15, -0.1) is 0 Å². The molecule has 18 heavy (non-hydrogen) atoms. The zero-order valence-electron chi connectivity index (χ0n) is 10.5. The Balaban J connectivity index is 2.19. The predicted octanol–water partition coefficient (Wildman–Crippen LogP) is 2.70. The number of hydrogen-bond donors (Lipinski definition) is 1. The summed E-state index contributed by atoms with van der Waals surface area (Å²) in [5.74, 6) is 0.0878. The Kier molecular flexibility index (Phi) is 3.85. The van der Waals surface area contributed by atoms with Crippen LogP contribution in [0.25, 0.3) is 0 Å². The molecule has 0 saturated carbocycles. The highest BCUT2D eigenvalue weighted by Crippen LogP contribution is 2.27. The predicted molar refractivity (Wildman–Crippen MR) is 74.0 cm³/mol. The lowest BCUT2D eigenvalue weighted by atomic mass is 10.0. The molecule has 1 saturated heterocycles. The molecule has 98 valence electrons. The summed E-state index contributed by atoms with van der Waals surface area (Å²) in [5, 5.41) is 4.25. The van der Waals surface area contributed by atoms with Gasteiger partial charge in [-0.3, -0.25) is 4.79 Å². The van der Waals surface area contributed by atoms with E-state index < -0.39 is 5.54 Å². The normalized spacial score (nSPS) is 19.1.